The van der Waals surface area contributed by atoms with Gasteiger partial charge in [-0.3, -0.25) is 4.79 Å². The molecule has 116 valence electrons. The molecule has 0 saturated heterocycles. The van der Waals surface area contributed by atoms with Crippen molar-refractivity contribution >= 4 is 21.9 Å². The summed E-state index contributed by atoms with van der Waals surface area (Å²) in [5, 5.41) is 0. The van der Waals surface area contributed by atoms with E-state index in [0.717, 1.165) is 16.1 Å². The summed E-state index contributed by atoms with van der Waals surface area (Å²) in [6, 6.07) is 9.44. The molecule has 0 aliphatic heterocycles. The first-order valence-corrected chi connectivity index (χ1v) is 7.22. The van der Waals surface area contributed by atoms with E-state index in [-0.39, 0.29) is 18.1 Å². The molecule has 2 rings (SSSR count). The van der Waals surface area contributed by atoms with Crippen LogP contribution < -0.4 is 14.2 Å². The van der Waals surface area contributed by atoms with Gasteiger partial charge in [0, 0.05) is 23.0 Å². The number of rotatable bonds is 5. The molecule has 0 spiro atoms. The van der Waals surface area contributed by atoms with Gasteiger partial charge in [-0.15, -0.1) is 0 Å². The number of carbonyl (C=O) groups is 1. The highest BCUT2D eigenvalue weighted by Gasteiger charge is 2.09. The van der Waals surface area contributed by atoms with E-state index >= 15 is 0 Å². The van der Waals surface area contributed by atoms with Gasteiger partial charge in [-0.05, 0) is 30.3 Å². The topological polar surface area (TPSA) is 44.8 Å². The number of carbonyl (C=O) groups excluding carboxylic acids is 1. The molecule has 2 aromatic carbocycles. The second kappa shape index (κ2) is 7.26. The molecular formula is C16H14BrFO4. The summed E-state index contributed by atoms with van der Waals surface area (Å²) in [5.74, 6) is -0.204. The highest BCUT2D eigenvalue weighted by Crippen LogP contribution is 2.27. The number of benzene rings is 2. The van der Waals surface area contributed by atoms with E-state index in [2.05, 4.69) is 15.9 Å². The number of halogens is 2. The van der Waals surface area contributed by atoms with Gasteiger partial charge >= 0.3 is 5.97 Å². The van der Waals surface area contributed by atoms with Crippen molar-refractivity contribution in [3.63, 3.8) is 0 Å². The largest absolute Gasteiger partial charge is 0.497 e. The lowest BCUT2D eigenvalue weighted by Crippen LogP contribution is -2.03. The van der Waals surface area contributed by atoms with Crippen molar-refractivity contribution in [3.05, 3.63) is 52.3 Å². The fourth-order valence-corrected chi connectivity index (χ4v) is 2.13. The average molecular weight is 369 g/mol. The fraction of sp³-hybridized carbons (Fsp3) is 0.188. The van der Waals surface area contributed by atoms with Crippen molar-refractivity contribution in [2.45, 2.75) is 13.5 Å². The van der Waals surface area contributed by atoms with Gasteiger partial charge < -0.3 is 14.2 Å². The molecule has 0 N–H and O–H groups in total. The van der Waals surface area contributed by atoms with E-state index in [1.807, 2.05) is 12.1 Å². The Hall–Kier alpha value is -2.08. The van der Waals surface area contributed by atoms with Crippen LogP contribution in [0.2, 0.25) is 0 Å². The van der Waals surface area contributed by atoms with Crippen LogP contribution in [0.3, 0.4) is 0 Å². The molecule has 4 nitrogen and oxygen atoms in total. The normalized spacial score (nSPS) is 10.2. The van der Waals surface area contributed by atoms with Crippen LogP contribution >= 0.6 is 15.9 Å². The van der Waals surface area contributed by atoms with Crippen LogP contribution in [0.1, 0.15) is 12.5 Å². The first kappa shape index (κ1) is 16.3. The zero-order valence-electron chi connectivity index (χ0n) is 12.1. The quantitative estimate of drug-likeness (QED) is 0.588. The Labute approximate surface area is 135 Å². The number of hydrogen-bond donors (Lipinski definition) is 0. The highest BCUT2D eigenvalue weighted by atomic mass is 79.9. The summed E-state index contributed by atoms with van der Waals surface area (Å²) in [5.41, 5.74) is 0.822. The van der Waals surface area contributed by atoms with Crippen molar-refractivity contribution in [1.82, 2.24) is 0 Å². The zero-order chi connectivity index (χ0) is 16.1. The van der Waals surface area contributed by atoms with Gasteiger partial charge in [0.2, 0.25) is 0 Å². The van der Waals surface area contributed by atoms with Crippen LogP contribution in [-0.2, 0) is 11.4 Å². The molecule has 0 fully saturated rings. The van der Waals surface area contributed by atoms with Gasteiger partial charge in [0.1, 0.15) is 18.1 Å². The lowest BCUT2D eigenvalue weighted by atomic mass is 10.2. The first-order valence-electron chi connectivity index (χ1n) is 6.43. The summed E-state index contributed by atoms with van der Waals surface area (Å²) in [6.45, 7) is 1.42. The van der Waals surface area contributed by atoms with Gasteiger partial charge in [-0.1, -0.05) is 15.9 Å². The van der Waals surface area contributed by atoms with Gasteiger partial charge in [-0.25, -0.2) is 4.39 Å². The summed E-state index contributed by atoms with van der Waals surface area (Å²) in [6.07, 6.45) is 0. The van der Waals surface area contributed by atoms with Crippen LogP contribution in [0.25, 0.3) is 0 Å². The van der Waals surface area contributed by atoms with E-state index in [1.54, 1.807) is 13.2 Å². The minimum atomic E-state index is -0.599. The summed E-state index contributed by atoms with van der Waals surface area (Å²) >= 11 is 3.40. The predicted molar refractivity (Wildman–Crippen MR) is 82.7 cm³/mol. The standard InChI is InChI=1S/C16H14BrFO4/c1-10(19)22-13-4-6-16(15(18)8-13)21-9-11-7-12(20-2)3-5-14(11)17/h3-8H,9H2,1-2H3. The van der Waals surface area contributed by atoms with Crippen molar-refractivity contribution in [2.75, 3.05) is 7.11 Å². The molecule has 0 bridgehead atoms. The maximum Gasteiger partial charge on any atom is 0.308 e. The average Bonchev–Trinajstić information content (AvgIpc) is 2.47. The summed E-state index contributed by atoms with van der Waals surface area (Å²) in [4.78, 5) is 10.8. The number of methoxy groups -OCH3 is 1. The summed E-state index contributed by atoms with van der Waals surface area (Å²) < 4.78 is 30.1. The highest BCUT2D eigenvalue weighted by molar-refractivity contribution is 9.10. The van der Waals surface area contributed by atoms with Crippen molar-refractivity contribution < 1.29 is 23.4 Å². The third-order valence-electron chi connectivity index (χ3n) is 2.80. The van der Waals surface area contributed by atoms with E-state index in [9.17, 15) is 9.18 Å². The number of hydrogen-bond acceptors (Lipinski definition) is 4. The predicted octanol–water partition coefficient (Wildman–Crippen LogP) is 4.10. The second-order valence-corrected chi connectivity index (χ2v) is 5.29. The van der Waals surface area contributed by atoms with Crippen LogP contribution in [0.4, 0.5) is 4.39 Å². The van der Waals surface area contributed by atoms with Crippen LogP contribution in [-0.4, -0.2) is 13.1 Å². The Morgan fingerprint density at radius 3 is 2.55 bits per heavy atom. The molecule has 2 aromatic rings. The third kappa shape index (κ3) is 4.21. The molecule has 0 heterocycles. The molecule has 22 heavy (non-hydrogen) atoms. The van der Waals surface area contributed by atoms with Gasteiger partial charge in [0.15, 0.2) is 11.6 Å². The lowest BCUT2D eigenvalue weighted by molar-refractivity contribution is -0.131. The van der Waals surface area contributed by atoms with Gasteiger partial charge in [-0.2, -0.15) is 0 Å². The molecule has 0 aliphatic carbocycles. The van der Waals surface area contributed by atoms with Gasteiger partial charge in [0.25, 0.3) is 0 Å². The molecule has 0 unspecified atom stereocenters. The maximum atomic E-state index is 13.9. The Morgan fingerprint density at radius 1 is 1.18 bits per heavy atom. The third-order valence-corrected chi connectivity index (χ3v) is 3.57. The van der Waals surface area contributed by atoms with Crippen molar-refractivity contribution in [1.29, 1.82) is 0 Å². The molecule has 0 atom stereocenters. The molecule has 0 radical (unpaired) electrons. The van der Waals surface area contributed by atoms with E-state index in [0.29, 0.717) is 5.75 Å². The monoisotopic (exact) mass is 368 g/mol. The van der Waals surface area contributed by atoms with Crippen LogP contribution in [0.5, 0.6) is 17.2 Å². The summed E-state index contributed by atoms with van der Waals surface area (Å²) in [7, 11) is 1.57. The first-order chi connectivity index (χ1) is 10.5. The Kier molecular flexibility index (Phi) is 5.38. The zero-order valence-corrected chi connectivity index (χ0v) is 13.6. The Balaban J connectivity index is 2.10. The molecule has 6 heteroatoms. The van der Waals surface area contributed by atoms with E-state index < -0.39 is 11.8 Å². The fourth-order valence-electron chi connectivity index (χ4n) is 1.77. The smallest absolute Gasteiger partial charge is 0.308 e. The molecule has 0 saturated carbocycles. The molecule has 0 amide bonds. The Bertz CT molecular complexity index is 688. The molecular weight excluding hydrogens is 355 g/mol. The Morgan fingerprint density at radius 2 is 1.91 bits per heavy atom. The maximum absolute atomic E-state index is 13.9. The van der Waals surface area contributed by atoms with Crippen LogP contribution in [0.15, 0.2) is 40.9 Å². The number of esters is 1. The van der Waals surface area contributed by atoms with E-state index in [1.165, 1.54) is 19.1 Å². The SMILES string of the molecule is COc1ccc(Br)c(COc2ccc(OC(C)=O)cc2F)c1. The minimum Gasteiger partial charge on any atom is -0.497 e. The minimum absolute atomic E-state index is 0.0746. The lowest BCUT2D eigenvalue weighted by Gasteiger charge is -2.11. The second-order valence-electron chi connectivity index (χ2n) is 4.43. The molecule has 0 aromatic heterocycles. The molecule has 0 aliphatic rings. The van der Waals surface area contributed by atoms with Crippen molar-refractivity contribution in [2.24, 2.45) is 0 Å². The van der Waals surface area contributed by atoms with Crippen LogP contribution in [0, 0.1) is 5.82 Å². The van der Waals surface area contributed by atoms with E-state index in [4.69, 9.17) is 14.2 Å². The number of ether oxygens (including phenoxy) is 3. The van der Waals surface area contributed by atoms with Gasteiger partial charge in [0.05, 0.1) is 7.11 Å². The van der Waals surface area contributed by atoms with Crippen molar-refractivity contribution in [3.8, 4) is 17.2 Å².